The largest absolute Gasteiger partial charge is 0.393 e. The summed E-state index contributed by atoms with van der Waals surface area (Å²) in [5.74, 6) is 0.499. The van der Waals surface area contributed by atoms with Crippen molar-refractivity contribution in [2.75, 3.05) is 17.6 Å². The molecular formula is C10H17N3O. The zero-order chi connectivity index (χ0) is 10.4. The topological polar surface area (TPSA) is 71.2 Å². The minimum absolute atomic E-state index is 0.236. The smallest absolute Gasteiger partial charge is 0.146 e. The molecule has 1 unspecified atom stereocenters. The van der Waals surface area contributed by atoms with E-state index < -0.39 is 0 Å². The second-order valence-corrected chi connectivity index (χ2v) is 3.21. The van der Waals surface area contributed by atoms with Crippen LogP contribution in [0.2, 0.25) is 0 Å². The Balaban J connectivity index is 2.35. The monoisotopic (exact) mass is 195 g/mol. The summed E-state index contributed by atoms with van der Waals surface area (Å²) in [6.07, 6.45) is 2.93. The predicted octanol–water partition coefficient (Wildman–Crippen LogP) is 1.24. The summed E-state index contributed by atoms with van der Waals surface area (Å²) in [6.45, 7) is 2.67. The molecule has 0 spiro atoms. The zero-order valence-electron chi connectivity index (χ0n) is 8.40. The molecule has 0 bridgehead atoms. The maximum absolute atomic E-state index is 9.32. The average molecular weight is 195 g/mol. The third kappa shape index (κ3) is 3.22. The normalized spacial score (nSPS) is 12.4. The van der Waals surface area contributed by atoms with Gasteiger partial charge in [0.05, 0.1) is 11.8 Å². The van der Waals surface area contributed by atoms with Crippen LogP contribution in [0.1, 0.15) is 19.8 Å². The van der Waals surface area contributed by atoms with Crippen LogP contribution in [0.25, 0.3) is 0 Å². The van der Waals surface area contributed by atoms with Gasteiger partial charge in [-0.2, -0.15) is 0 Å². The Hall–Kier alpha value is -1.29. The summed E-state index contributed by atoms with van der Waals surface area (Å²) in [5, 5.41) is 12.4. The van der Waals surface area contributed by atoms with Gasteiger partial charge in [0.2, 0.25) is 0 Å². The van der Waals surface area contributed by atoms with Crippen molar-refractivity contribution < 1.29 is 5.11 Å². The van der Waals surface area contributed by atoms with Crippen LogP contribution in [-0.4, -0.2) is 22.7 Å². The van der Waals surface area contributed by atoms with Crippen molar-refractivity contribution in [1.29, 1.82) is 0 Å². The van der Waals surface area contributed by atoms with E-state index in [0.717, 1.165) is 18.5 Å². The summed E-state index contributed by atoms with van der Waals surface area (Å²) in [7, 11) is 0. The van der Waals surface area contributed by atoms with Gasteiger partial charge in [-0.25, -0.2) is 4.98 Å². The molecule has 0 fully saturated rings. The first kappa shape index (κ1) is 10.8. The number of rotatable bonds is 5. The fourth-order valence-corrected chi connectivity index (χ4v) is 1.14. The number of nitrogens with two attached hydrogens (primary N) is 1. The van der Waals surface area contributed by atoms with Crippen LogP contribution >= 0.6 is 0 Å². The molecule has 0 aliphatic rings. The number of aliphatic hydroxyl groups is 1. The molecule has 0 saturated carbocycles. The number of aromatic nitrogens is 1. The number of pyridine rings is 1. The Morgan fingerprint density at radius 3 is 3.07 bits per heavy atom. The van der Waals surface area contributed by atoms with Crippen LogP contribution in [-0.2, 0) is 0 Å². The summed E-state index contributed by atoms with van der Waals surface area (Å²) >= 11 is 0. The Morgan fingerprint density at radius 2 is 2.43 bits per heavy atom. The van der Waals surface area contributed by atoms with Crippen molar-refractivity contribution in [3.63, 3.8) is 0 Å². The quantitative estimate of drug-likeness (QED) is 0.661. The van der Waals surface area contributed by atoms with Crippen LogP contribution in [0.15, 0.2) is 18.3 Å². The first-order valence-electron chi connectivity index (χ1n) is 4.86. The predicted molar refractivity (Wildman–Crippen MR) is 58.1 cm³/mol. The Labute approximate surface area is 84.2 Å². The lowest BCUT2D eigenvalue weighted by Gasteiger charge is -2.10. The third-order valence-corrected chi connectivity index (χ3v) is 2.10. The highest BCUT2D eigenvalue weighted by molar-refractivity contribution is 5.60. The Kier molecular flexibility index (Phi) is 4.19. The van der Waals surface area contributed by atoms with Crippen molar-refractivity contribution >= 4 is 11.5 Å². The number of hydrogen-bond acceptors (Lipinski definition) is 4. The Bertz CT molecular complexity index is 278. The van der Waals surface area contributed by atoms with Crippen LogP contribution in [0, 0.1) is 0 Å². The lowest BCUT2D eigenvalue weighted by Crippen LogP contribution is -2.13. The fraction of sp³-hybridized carbons (Fsp3) is 0.500. The number of hydrogen-bond donors (Lipinski definition) is 3. The van der Waals surface area contributed by atoms with Crippen LogP contribution in [0.3, 0.4) is 0 Å². The summed E-state index contributed by atoms with van der Waals surface area (Å²) in [5.41, 5.74) is 6.46. The van der Waals surface area contributed by atoms with Crippen molar-refractivity contribution in [2.45, 2.75) is 25.9 Å². The maximum Gasteiger partial charge on any atom is 0.146 e. The molecule has 0 aliphatic heterocycles. The van der Waals surface area contributed by atoms with Gasteiger partial charge in [0, 0.05) is 12.7 Å². The molecule has 1 heterocycles. The van der Waals surface area contributed by atoms with Crippen LogP contribution < -0.4 is 11.1 Å². The van der Waals surface area contributed by atoms with E-state index in [1.165, 1.54) is 0 Å². The van der Waals surface area contributed by atoms with E-state index in [-0.39, 0.29) is 6.10 Å². The highest BCUT2D eigenvalue weighted by Gasteiger charge is 2.01. The minimum Gasteiger partial charge on any atom is -0.393 e. The van der Waals surface area contributed by atoms with E-state index in [1.807, 2.05) is 19.1 Å². The second-order valence-electron chi connectivity index (χ2n) is 3.21. The fourth-order valence-electron chi connectivity index (χ4n) is 1.14. The molecule has 0 aromatic carbocycles. The SMILES string of the molecule is CCC(O)CCNc1cccnc1N. The molecule has 0 radical (unpaired) electrons. The highest BCUT2D eigenvalue weighted by Crippen LogP contribution is 2.13. The molecule has 0 aliphatic carbocycles. The van der Waals surface area contributed by atoms with Gasteiger partial charge in [0.25, 0.3) is 0 Å². The van der Waals surface area contributed by atoms with Gasteiger partial charge in [0.15, 0.2) is 0 Å². The second kappa shape index (κ2) is 5.44. The van der Waals surface area contributed by atoms with Gasteiger partial charge in [-0.3, -0.25) is 0 Å². The number of aliphatic hydroxyl groups excluding tert-OH is 1. The van der Waals surface area contributed by atoms with Gasteiger partial charge < -0.3 is 16.2 Å². The molecule has 1 atom stereocenters. The van der Waals surface area contributed by atoms with Crippen molar-refractivity contribution in [3.05, 3.63) is 18.3 Å². The van der Waals surface area contributed by atoms with Crippen molar-refractivity contribution in [1.82, 2.24) is 4.98 Å². The van der Waals surface area contributed by atoms with E-state index in [2.05, 4.69) is 10.3 Å². The van der Waals surface area contributed by atoms with Crippen molar-refractivity contribution in [3.8, 4) is 0 Å². The van der Waals surface area contributed by atoms with Gasteiger partial charge in [-0.05, 0) is 25.0 Å². The van der Waals surface area contributed by atoms with E-state index in [1.54, 1.807) is 6.20 Å². The third-order valence-electron chi connectivity index (χ3n) is 2.10. The first-order valence-corrected chi connectivity index (χ1v) is 4.86. The van der Waals surface area contributed by atoms with Crippen molar-refractivity contribution in [2.24, 2.45) is 0 Å². The van der Waals surface area contributed by atoms with E-state index in [4.69, 9.17) is 5.73 Å². The minimum atomic E-state index is -0.236. The van der Waals surface area contributed by atoms with E-state index in [9.17, 15) is 5.11 Å². The maximum atomic E-state index is 9.32. The average Bonchev–Trinajstić information content (AvgIpc) is 2.20. The van der Waals surface area contributed by atoms with Gasteiger partial charge in [-0.15, -0.1) is 0 Å². The summed E-state index contributed by atoms with van der Waals surface area (Å²) < 4.78 is 0. The van der Waals surface area contributed by atoms with E-state index in [0.29, 0.717) is 12.4 Å². The molecule has 4 nitrogen and oxygen atoms in total. The molecular weight excluding hydrogens is 178 g/mol. The summed E-state index contributed by atoms with van der Waals surface area (Å²) in [4.78, 5) is 3.95. The lowest BCUT2D eigenvalue weighted by molar-refractivity contribution is 0.164. The van der Waals surface area contributed by atoms with E-state index >= 15 is 0 Å². The number of nitrogens with zero attached hydrogens (tertiary/aromatic N) is 1. The molecule has 1 aromatic rings. The molecule has 1 aromatic heterocycles. The number of anilines is 2. The lowest BCUT2D eigenvalue weighted by atomic mass is 10.2. The zero-order valence-corrected chi connectivity index (χ0v) is 8.40. The molecule has 4 heteroatoms. The van der Waals surface area contributed by atoms with Gasteiger partial charge >= 0.3 is 0 Å². The highest BCUT2D eigenvalue weighted by atomic mass is 16.3. The van der Waals surface area contributed by atoms with Crippen LogP contribution in [0.5, 0.6) is 0 Å². The number of nitrogen functional groups attached to an aromatic ring is 1. The number of nitrogens with one attached hydrogen (secondary N) is 1. The Morgan fingerprint density at radius 1 is 1.64 bits per heavy atom. The molecule has 1 rings (SSSR count). The van der Waals surface area contributed by atoms with Gasteiger partial charge in [-0.1, -0.05) is 6.92 Å². The standard InChI is InChI=1S/C10H17N3O/c1-2-8(14)5-7-12-9-4-3-6-13-10(9)11/h3-4,6,8,12,14H,2,5,7H2,1H3,(H2,11,13). The molecule has 14 heavy (non-hydrogen) atoms. The molecule has 0 amide bonds. The van der Waals surface area contributed by atoms with Crippen LogP contribution in [0.4, 0.5) is 11.5 Å². The molecule has 78 valence electrons. The summed E-state index contributed by atoms with van der Waals surface area (Å²) in [6, 6.07) is 3.70. The first-order chi connectivity index (χ1) is 6.74. The van der Waals surface area contributed by atoms with Gasteiger partial charge in [0.1, 0.15) is 5.82 Å². The molecule has 4 N–H and O–H groups in total. The molecule has 0 saturated heterocycles.